The van der Waals surface area contributed by atoms with E-state index in [1.807, 2.05) is 39.0 Å². The second-order valence-corrected chi connectivity index (χ2v) is 8.92. The maximum atomic E-state index is 12.6. The van der Waals surface area contributed by atoms with Crippen molar-refractivity contribution in [1.29, 1.82) is 5.26 Å². The van der Waals surface area contributed by atoms with Gasteiger partial charge in [-0.15, -0.1) is 0 Å². The molecule has 0 radical (unpaired) electrons. The fourth-order valence-corrected chi connectivity index (χ4v) is 4.48. The van der Waals surface area contributed by atoms with Crippen molar-refractivity contribution < 1.29 is 19.0 Å². The normalized spacial score (nSPS) is 23.1. The van der Waals surface area contributed by atoms with Crippen LogP contribution in [-0.2, 0) is 24.4 Å². The van der Waals surface area contributed by atoms with Gasteiger partial charge < -0.3 is 14.2 Å². The number of nitrogens with zero attached hydrogens (tertiary/aromatic N) is 1. The van der Waals surface area contributed by atoms with Gasteiger partial charge >= 0.3 is 5.97 Å². The number of carbonyl (C=O) groups excluding carboxylic acids is 1. The number of benzene rings is 1. The van der Waals surface area contributed by atoms with E-state index in [4.69, 9.17) is 14.2 Å². The van der Waals surface area contributed by atoms with Crippen molar-refractivity contribution in [3.8, 4) is 6.07 Å². The van der Waals surface area contributed by atoms with E-state index in [9.17, 15) is 10.1 Å². The predicted octanol–water partition coefficient (Wildman–Crippen LogP) is 5.03. The first-order valence-electron chi connectivity index (χ1n) is 9.15. The van der Waals surface area contributed by atoms with Crippen molar-refractivity contribution in [2.24, 2.45) is 5.92 Å². The van der Waals surface area contributed by atoms with Crippen LogP contribution in [0.3, 0.4) is 0 Å². The molecule has 2 rings (SSSR count). The Bertz CT molecular complexity index is 718. The largest absolute Gasteiger partial charge is 0.460 e. The van der Waals surface area contributed by atoms with E-state index < -0.39 is 17.3 Å². The maximum absolute atomic E-state index is 12.6. The summed E-state index contributed by atoms with van der Waals surface area (Å²) < 4.78 is 17.0. The number of ether oxygens (including phenoxy) is 3. The topological polar surface area (TPSA) is 68.5 Å². The number of hydrogen-bond donors (Lipinski definition) is 0. The van der Waals surface area contributed by atoms with E-state index in [1.54, 1.807) is 14.2 Å². The third-order valence-electron chi connectivity index (χ3n) is 4.91. The van der Waals surface area contributed by atoms with Crippen LogP contribution in [0.5, 0.6) is 0 Å². The fraction of sp³-hybridized carbons (Fsp3) is 0.619. The van der Waals surface area contributed by atoms with Crippen LogP contribution < -0.4 is 0 Å². The lowest BCUT2D eigenvalue weighted by molar-refractivity contribution is -0.161. The Balaban J connectivity index is 2.31. The predicted molar refractivity (Wildman–Crippen MR) is 106 cm³/mol. The maximum Gasteiger partial charge on any atom is 0.309 e. The average molecular weight is 438 g/mol. The van der Waals surface area contributed by atoms with Crippen LogP contribution in [0.15, 0.2) is 22.7 Å². The molecule has 0 aliphatic heterocycles. The molecule has 0 N–H and O–H groups in total. The molecule has 0 amide bonds. The van der Waals surface area contributed by atoms with Crippen molar-refractivity contribution in [2.75, 3.05) is 14.2 Å². The van der Waals surface area contributed by atoms with Gasteiger partial charge in [-0.2, -0.15) is 5.26 Å². The highest BCUT2D eigenvalue weighted by Gasteiger charge is 2.43. The van der Waals surface area contributed by atoms with Gasteiger partial charge in [0.25, 0.3) is 0 Å². The van der Waals surface area contributed by atoms with E-state index in [-0.39, 0.29) is 11.9 Å². The minimum atomic E-state index is -0.715. The molecule has 1 fully saturated rings. The number of rotatable bonds is 5. The Morgan fingerprint density at radius 3 is 2.52 bits per heavy atom. The summed E-state index contributed by atoms with van der Waals surface area (Å²) in [5.74, 6) is -0.483. The quantitative estimate of drug-likeness (QED) is 0.476. The van der Waals surface area contributed by atoms with Gasteiger partial charge in [-0.05, 0) is 51.7 Å². The van der Waals surface area contributed by atoms with Gasteiger partial charge in [0.05, 0.1) is 17.4 Å². The Morgan fingerprint density at radius 2 is 2.00 bits per heavy atom. The minimum absolute atomic E-state index is 0.214. The Morgan fingerprint density at radius 1 is 1.33 bits per heavy atom. The SMILES string of the molecule is COC(OC)c1ccc(C2(C#N)CCCC(C(=O)OC(C)(C)C)C2)c(Br)c1. The molecule has 0 spiro atoms. The third kappa shape index (κ3) is 5.10. The lowest BCUT2D eigenvalue weighted by Crippen LogP contribution is -2.38. The molecule has 2 unspecified atom stereocenters. The summed E-state index contributed by atoms with van der Waals surface area (Å²) in [5, 5.41) is 10.1. The van der Waals surface area contributed by atoms with Gasteiger partial charge in [-0.3, -0.25) is 4.79 Å². The van der Waals surface area contributed by atoms with Crippen LogP contribution in [-0.4, -0.2) is 25.8 Å². The van der Waals surface area contributed by atoms with Crippen molar-refractivity contribution in [3.63, 3.8) is 0 Å². The summed E-state index contributed by atoms with van der Waals surface area (Å²) in [5.41, 5.74) is 0.518. The van der Waals surface area contributed by atoms with Crippen molar-refractivity contribution in [1.82, 2.24) is 0 Å². The molecule has 0 heterocycles. The van der Waals surface area contributed by atoms with Crippen LogP contribution in [0.1, 0.15) is 63.9 Å². The summed E-state index contributed by atoms with van der Waals surface area (Å²) in [6, 6.07) is 8.26. The number of halogens is 1. The molecule has 5 nitrogen and oxygen atoms in total. The smallest absolute Gasteiger partial charge is 0.309 e. The first-order chi connectivity index (χ1) is 12.7. The van der Waals surface area contributed by atoms with Gasteiger partial charge in [-0.25, -0.2) is 0 Å². The molecule has 0 saturated heterocycles. The van der Waals surface area contributed by atoms with E-state index in [0.29, 0.717) is 6.42 Å². The zero-order chi connectivity index (χ0) is 20.2. The molecule has 1 aromatic carbocycles. The summed E-state index contributed by atoms with van der Waals surface area (Å²) >= 11 is 3.61. The van der Waals surface area contributed by atoms with Crippen molar-refractivity contribution in [3.05, 3.63) is 33.8 Å². The highest BCUT2D eigenvalue weighted by Crippen LogP contribution is 2.45. The molecule has 148 valence electrons. The number of carbonyl (C=O) groups is 1. The minimum Gasteiger partial charge on any atom is -0.460 e. The van der Waals surface area contributed by atoms with E-state index in [1.165, 1.54) is 0 Å². The molecule has 6 heteroatoms. The second kappa shape index (κ2) is 8.72. The molecule has 2 atom stereocenters. The van der Waals surface area contributed by atoms with E-state index >= 15 is 0 Å². The van der Waals surface area contributed by atoms with Gasteiger partial charge in [0.15, 0.2) is 6.29 Å². The number of esters is 1. The molecule has 0 bridgehead atoms. The summed E-state index contributed by atoms with van der Waals surface area (Å²) in [4.78, 5) is 12.6. The molecule has 27 heavy (non-hydrogen) atoms. The molecular weight excluding hydrogens is 410 g/mol. The van der Waals surface area contributed by atoms with Gasteiger partial charge in [-0.1, -0.05) is 34.5 Å². The molecule has 1 aliphatic carbocycles. The van der Waals surface area contributed by atoms with Crippen molar-refractivity contribution in [2.45, 2.75) is 63.8 Å². The monoisotopic (exact) mass is 437 g/mol. The van der Waals surface area contributed by atoms with Gasteiger partial charge in [0.1, 0.15) is 5.60 Å². The number of methoxy groups -OCH3 is 2. The first kappa shape index (κ1) is 21.9. The standard InChI is InChI=1S/C21H28BrNO4/c1-20(2,3)27-18(24)15-7-6-10-21(12-15,13-23)16-9-8-14(11-17(16)22)19(25-4)26-5/h8-9,11,15,19H,6-7,10,12H2,1-5H3. The number of hydrogen-bond acceptors (Lipinski definition) is 5. The summed E-state index contributed by atoms with van der Waals surface area (Å²) in [6.45, 7) is 5.59. The summed E-state index contributed by atoms with van der Waals surface area (Å²) in [7, 11) is 3.17. The Hall–Kier alpha value is -1.42. The molecule has 1 aromatic rings. The molecule has 0 aromatic heterocycles. The zero-order valence-electron chi connectivity index (χ0n) is 16.7. The summed E-state index contributed by atoms with van der Waals surface area (Å²) in [6.07, 6.45) is 2.29. The zero-order valence-corrected chi connectivity index (χ0v) is 18.3. The van der Waals surface area contributed by atoms with Crippen molar-refractivity contribution >= 4 is 21.9 Å². The van der Waals surface area contributed by atoms with Crippen LogP contribution in [0, 0.1) is 17.2 Å². The lowest BCUT2D eigenvalue weighted by Gasteiger charge is -2.37. The average Bonchev–Trinajstić information content (AvgIpc) is 2.61. The Kier molecular flexibility index (Phi) is 7.07. The highest BCUT2D eigenvalue weighted by atomic mass is 79.9. The molecule has 1 aliphatic rings. The van der Waals surface area contributed by atoms with Crippen LogP contribution in [0.25, 0.3) is 0 Å². The third-order valence-corrected chi connectivity index (χ3v) is 5.57. The Labute approximate surface area is 170 Å². The molecule has 1 saturated carbocycles. The van der Waals surface area contributed by atoms with E-state index in [0.717, 1.165) is 34.9 Å². The van der Waals surface area contributed by atoms with Gasteiger partial charge in [0.2, 0.25) is 0 Å². The van der Waals surface area contributed by atoms with Crippen LogP contribution in [0.4, 0.5) is 0 Å². The van der Waals surface area contributed by atoms with Crippen LogP contribution in [0.2, 0.25) is 0 Å². The first-order valence-corrected chi connectivity index (χ1v) is 9.94. The second-order valence-electron chi connectivity index (χ2n) is 8.06. The van der Waals surface area contributed by atoms with Gasteiger partial charge in [0, 0.05) is 24.3 Å². The highest BCUT2D eigenvalue weighted by molar-refractivity contribution is 9.10. The molecular formula is C21H28BrNO4. The fourth-order valence-electron chi connectivity index (χ4n) is 3.70. The van der Waals surface area contributed by atoms with E-state index in [2.05, 4.69) is 22.0 Å². The lowest BCUT2D eigenvalue weighted by atomic mass is 9.66. The van der Waals surface area contributed by atoms with Crippen LogP contribution >= 0.6 is 15.9 Å². The number of nitriles is 1.